The zero-order valence-electron chi connectivity index (χ0n) is 16.9. The highest BCUT2D eigenvalue weighted by Gasteiger charge is 2.19. The molecule has 0 saturated heterocycles. The molecule has 0 fully saturated rings. The van der Waals surface area contributed by atoms with Crippen molar-refractivity contribution in [3.05, 3.63) is 111 Å². The number of hydrogen-bond donors (Lipinski definition) is 2. The first-order chi connectivity index (χ1) is 15.5. The molecule has 2 N–H and O–H groups in total. The van der Waals surface area contributed by atoms with Gasteiger partial charge in [-0.25, -0.2) is 0 Å². The normalized spacial score (nSPS) is 14.1. The van der Waals surface area contributed by atoms with Gasteiger partial charge in [0, 0.05) is 41.6 Å². The fourth-order valence-electron chi connectivity index (χ4n) is 3.40. The SMILES string of the molecule is O=C(/C=C/c1ccccc1C=C1Cc2ccccc2NC1=O)Nc1ccc([N+](=O)[O-])cc1. The number of carbonyl (C=O) groups excluding carboxylic acids is 2. The van der Waals surface area contributed by atoms with Crippen molar-refractivity contribution >= 4 is 41.0 Å². The number of anilines is 2. The van der Waals surface area contributed by atoms with Crippen LogP contribution in [-0.2, 0) is 16.0 Å². The fraction of sp³-hybridized carbons (Fsp3) is 0.0400. The molecule has 3 aromatic rings. The van der Waals surface area contributed by atoms with Crippen LogP contribution in [-0.4, -0.2) is 16.7 Å². The maximum Gasteiger partial charge on any atom is 0.269 e. The number of hydrogen-bond acceptors (Lipinski definition) is 4. The lowest BCUT2D eigenvalue weighted by Gasteiger charge is -2.19. The zero-order valence-corrected chi connectivity index (χ0v) is 16.9. The van der Waals surface area contributed by atoms with Crippen LogP contribution in [0, 0.1) is 10.1 Å². The van der Waals surface area contributed by atoms with Gasteiger partial charge in [0.05, 0.1) is 4.92 Å². The van der Waals surface area contributed by atoms with Crippen LogP contribution >= 0.6 is 0 Å². The molecule has 3 aromatic carbocycles. The molecule has 1 aliphatic heterocycles. The van der Waals surface area contributed by atoms with Gasteiger partial charge in [-0.1, -0.05) is 42.5 Å². The molecule has 2 amide bonds. The van der Waals surface area contributed by atoms with Crippen molar-refractivity contribution in [3.8, 4) is 0 Å². The summed E-state index contributed by atoms with van der Waals surface area (Å²) in [7, 11) is 0. The first-order valence-electron chi connectivity index (χ1n) is 9.92. The fourth-order valence-corrected chi connectivity index (χ4v) is 3.40. The van der Waals surface area contributed by atoms with Crippen LogP contribution in [0.25, 0.3) is 12.2 Å². The first-order valence-corrected chi connectivity index (χ1v) is 9.92. The lowest BCUT2D eigenvalue weighted by Crippen LogP contribution is -2.22. The molecule has 0 radical (unpaired) electrons. The van der Waals surface area contributed by atoms with Crippen molar-refractivity contribution in [1.29, 1.82) is 0 Å². The van der Waals surface area contributed by atoms with Gasteiger partial charge in [0.2, 0.25) is 5.91 Å². The Bertz CT molecular complexity index is 1260. The maximum atomic E-state index is 12.5. The molecule has 32 heavy (non-hydrogen) atoms. The molecule has 0 atom stereocenters. The van der Waals surface area contributed by atoms with Gasteiger partial charge in [0.1, 0.15) is 0 Å². The van der Waals surface area contributed by atoms with E-state index in [1.54, 1.807) is 6.08 Å². The molecule has 7 heteroatoms. The molecule has 4 rings (SSSR count). The predicted octanol–water partition coefficient (Wildman–Crippen LogP) is 4.82. The third-order valence-corrected chi connectivity index (χ3v) is 5.02. The van der Waals surface area contributed by atoms with Gasteiger partial charge < -0.3 is 10.6 Å². The third-order valence-electron chi connectivity index (χ3n) is 5.02. The van der Waals surface area contributed by atoms with Crippen LogP contribution in [0.1, 0.15) is 16.7 Å². The summed E-state index contributed by atoms with van der Waals surface area (Å²) in [4.78, 5) is 35.0. The number of rotatable bonds is 5. The quantitative estimate of drug-likeness (QED) is 0.347. The largest absolute Gasteiger partial charge is 0.323 e. The summed E-state index contributed by atoms with van der Waals surface area (Å²) in [6.45, 7) is 0. The van der Waals surface area contributed by atoms with E-state index >= 15 is 0 Å². The van der Waals surface area contributed by atoms with Crippen molar-refractivity contribution in [2.75, 3.05) is 10.6 Å². The summed E-state index contributed by atoms with van der Waals surface area (Å²) in [5, 5.41) is 16.3. The van der Waals surface area contributed by atoms with Gasteiger partial charge in [-0.2, -0.15) is 0 Å². The van der Waals surface area contributed by atoms with Crippen molar-refractivity contribution in [1.82, 2.24) is 0 Å². The zero-order chi connectivity index (χ0) is 22.5. The summed E-state index contributed by atoms with van der Waals surface area (Å²) < 4.78 is 0. The Morgan fingerprint density at radius 3 is 2.41 bits per heavy atom. The number of benzene rings is 3. The molecule has 0 unspecified atom stereocenters. The highest BCUT2D eigenvalue weighted by Crippen LogP contribution is 2.27. The lowest BCUT2D eigenvalue weighted by molar-refractivity contribution is -0.384. The Hall–Kier alpha value is -4.52. The number of nitrogens with one attached hydrogen (secondary N) is 2. The Balaban J connectivity index is 1.50. The van der Waals surface area contributed by atoms with Crippen LogP contribution in [0.2, 0.25) is 0 Å². The summed E-state index contributed by atoms with van der Waals surface area (Å²) in [5.41, 5.74) is 4.52. The number of fused-ring (bicyclic) bond motifs is 1. The Labute approximate surface area is 184 Å². The molecule has 0 aliphatic carbocycles. The molecule has 1 heterocycles. The summed E-state index contributed by atoms with van der Waals surface area (Å²) in [6, 6.07) is 20.8. The van der Waals surface area contributed by atoms with Crippen molar-refractivity contribution in [2.45, 2.75) is 6.42 Å². The van der Waals surface area contributed by atoms with Crippen LogP contribution in [0.5, 0.6) is 0 Å². The third kappa shape index (κ3) is 4.79. The van der Waals surface area contributed by atoms with E-state index in [1.807, 2.05) is 54.6 Å². The van der Waals surface area contributed by atoms with Gasteiger partial charge in [0.15, 0.2) is 0 Å². The van der Waals surface area contributed by atoms with Gasteiger partial charge in [-0.3, -0.25) is 19.7 Å². The predicted molar refractivity (Wildman–Crippen MR) is 124 cm³/mol. The van der Waals surface area contributed by atoms with Crippen molar-refractivity contribution in [2.24, 2.45) is 0 Å². The number of nitrogens with zero attached hydrogens (tertiary/aromatic N) is 1. The minimum Gasteiger partial charge on any atom is -0.323 e. The van der Waals surface area contributed by atoms with Crippen molar-refractivity contribution in [3.63, 3.8) is 0 Å². The molecule has 0 saturated carbocycles. The van der Waals surface area contributed by atoms with Gasteiger partial charge in [-0.15, -0.1) is 0 Å². The summed E-state index contributed by atoms with van der Waals surface area (Å²) >= 11 is 0. The highest BCUT2D eigenvalue weighted by molar-refractivity contribution is 6.10. The second-order valence-electron chi connectivity index (χ2n) is 7.21. The minimum absolute atomic E-state index is 0.0464. The number of amides is 2. The minimum atomic E-state index is -0.498. The summed E-state index contributed by atoms with van der Waals surface area (Å²) in [5.74, 6) is -0.510. The van der Waals surface area contributed by atoms with Crippen molar-refractivity contribution < 1.29 is 14.5 Å². The number of nitro benzene ring substituents is 1. The number of carbonyl (C=O) groups is 2. The van der Waals surface area contributed by atoms with E-state index < -0.39 is 4.92 Å². The van der Waals surface area contributed by atoms with Gasteiger partial charge in [-0.05, 0) is 47.0 Å². The van der Waals surface area contributed by atoms with E-state index in [2.05, 4.69) is 10.6 Å². The van der Waals surface area contributed by atoms with E-state index in [1.165, 1.54) is 30.3 Å². The van der Waals surface area contributed by atoms with Crippen LogP contribution in [0.3, 0.4) is 0 Å². The maximum absolute atomic E-state index is 12.5. The van der Waals surface area contributed by atoms with E-state index in [-0.39, 0.29) is 17.5 Å². The molecule has 0 bridgehead atoms. The van der Waals surface area contributed by atoms with Gasteiger partial charge in [0.25, 0.3) is 11.6 Å². The highest BCUT2D eigenvalue weighted by atomic mass is 16.6. The van der Waals surface area contributed by atoms with Gasteiger partial charge >= 0.3 is 0 Å². The molecule has 0 aromatic heterocycles. The standard InChI is InChI=1S/C25H19N3O4/c29-24(26-21-10-12-22(13-11-21)28(31)32)14-9-17-5-1-2-6-18(17)15-20-16-19-7-3-4-8-23(19)27-25(20)30/h1-15H,16H2,(H,26,29)(H,27,30)/b14-9+,20-15?. The molecule has 1 aliphatic rings. The smallest absolute Gasteiger partial charge is 0.269 e. The Morgan fingerprint density at radius 2 is 1.66 bits per heavy atom. The van der Waals surface area contributed by atoms with Crippen LogP contribution in [0.15, 0.2) is 84.4 Å². The molecule has 0 spiro atoms. The number of non-ortho nitro benzene ring substituents is 1. The van der Waals surface area contributed by atoms with E-state index in [4.69, 9.17) is 0 Å². The Morgan fingerprint density at radius 1 is 0.969 bits per heavy atom. The topological polar surface area (TPSA) is 101 Å². The molecule has 7 nitrogen and oxygen atoms in total. The first kappa shape index (κ1) is 20.7. The molecular formula is C25H19N3O4. The van der Waals surface area contributed by atoms with Crippen LogP contribution < -0.4 is 10.6 Å². The molecule has 158 valence electrons. The van der Waals surface area contributed by atoms with E-state index in [0.29, 0.717) is 17.7 Å². The Kier molecular flexibility index (Phi) is 5.89. The lowest BCUT2D eigenvalue weighted by atomic mass is 9.95. The second kappa shape index (κ2) is 9.09. The molecular weight excluding hydrogens is 406 g/mol. The number of nitro groups is 1. The van der Waals surface area contributed by atoms with E-state index in [0.717, 1.165) is 22.4 Å². The second-order valence-corrected chi connectivity index (χ2v) is 7.21. The summed E-state index contributed by atoms with van der Waals surface area (Å²) in [6.07, 6.45) is 5.41. The van der Waals surface area contributed by atoms with E-state index in [9.17, 15) is 19.7 Å². The monoisotopic (exact) mass is 425 g/mol. The average molecular weight is 425 g/mol. The van der Waals surface area contributed by atoms with Crippen LogP contribution in [0.4, 0.5) is 17.1 Å². The number of para-hydroxylation sites is 1. The average Bonchev–Trinajstić information content (AvgIpc) is 2.79.